The summed E-state index contributed by atoms with van der Waals surface area (Å²) < 4.78 is 28.0. The molecule has 6 N–H and O–H groups in total. The molecule has 0 fully saturated rings. The molecule has 6 aromatic carbocycles. The van der Waals surface area contributed by atoms with Crippen molar-refractivity contribution in [3.63, 3.8) is 0 Å². The Morgan fingerprint density at radius 2 is 0.638 bits per heavy atom. The number of carbonyl (C=O) groups excluding carboxylic acids is 18. The fourth-order valence-corrected chi connectivity index (χ4v) is 11.2. The second kappa shape index (κ2) is 55.9. The number of rotatable bonds is 42. The number of hydrogen-bond donors (Lipinski definition) is 6. The van der Waals surface area contributed by atoms with Gasteiger partial charge in [-0.3, -0.25) is 62.3 Å². The molecule has 0 saturated heterocycles. The number of ether oxygens (including phenoxy) is 6. The Kier molecular flexibility index (Phi) is 48.9. The third-order valence-corrected chi connectivity index (χ3v) is 17.7. The molecular weight excluding hydrogens is 1670 g/mol. The Bertz CT molecular complexity index is 5050. The summed E-state index contributed by atoms with van der Waals surface area (Å²) in [4.78, 5) is 206. The van der Waals surface area contributed by atoms with Crippen LogP contribution in [0.4, 0.5) is 0 Å². The zero-order valence-electron chi connectivity index (χ0n) is 77.1. The van der Waals surface area contributed by atoms with Crippen molar-refractivity contribution in [3.05, 3.63) is 282 Å². The number of amides is 5. The standard InChI is InChI=1S/C18H23NO5.C18H23NO4.2C17H21NO4.C16H19NO4.C14H14O4/c1-4-16(21)19-12-14(20)6-5-11-24-15-9-7-13(8-10-15)17(22)18(2,3)23;1-6-23-17(22)15(20)14-9-7-13(8-10-14)11-18(4,5)19-16(21)12(2)3;1-11(2)15(20)18-17(3,4)10-12-6-8-13(9-7-12)14(19)16(21)22-5;1-5-14(19)18-17(3,4)11-12-7-9-13(10-8-12)15(20)16(21)22-6-2;1-5-13(18)17-16(2,3)10-11-6-8-12(9-7-11)14(19)15(20)21-4;1-3-12(15)9-6-10-4-7-11(8-5-10)13(16)14(17)18-2/h4,7-10,23H,1,5-6,11-12H2,2-3H3,(H,19,21);7-10H,2,6,11H2,1,3-5H3,(H,19,21);6-9H,1,10H2,2-5H3,(H,18,20);5,7-10H,1,6,11H2,2-4H3,(H,18,19);5-9H,1,10H2,2-4H3,(H,17,18);3-5,7-8H,1,6,9H2,2H3. The highest BCUT2D eigenvalue weighted by atomic mass is 16.5. The molecule has 0 saturated carbocycles. The highest BCUT2D eigenvalue weighted by Gasteiger charge is 2.29. The molecule has 0 spiro atoms. The van der Waals surface area contributed by atoms with Crippen molar-refractivity contribution in [1.82, 2.24) is 26.6 Å². The van der Waals surface area contributed by atoms with Gasteiger partial charge in [-0.25, -0.2) is 24.0 Å². The van der Waals surface area contributed by atoms with Gasteiger partial charge in [0.15, 0.2) is 17.3 Å². The van der Waals surface area contributed by atoms with Crippen LogP contribution in [0.1, 0.15) is 206 Å². The number of hydrogen-bond acceptors (Lipinski definition) is 25. The van der Waals surface area contributed by atoms with Gasteiger partial charge in [-0.2, -0.15) is 0 Å². The topological polar surface area (TPSA) is 443 Å². The Hall–Kier alpha value is -14.4. The van der Waals surface area contributed by atoms with Crippen molar-refractivity contribution >= 4 is 106 Å². The molecule has 0 aliphatic carbocycles. The average molecular weight is 1790 g/mol. The van der Waals surface area contributed by atoms with E-state index >= 15 is 0 Å². The molecule has 0 aliphatic heterocycles. The lowest BCUT2D eigenvalue weighted by Crippen LogP contribution is -2.45. The molecule has 0 aromatic heterocycles. The first kappa shape index (κ1) is 114. The summed E-state index contributed by atoms with van der Waals surface area (Å²) >= 11 is 0. The van der Waals surface area contributed by atoms with Crippen LogP contribution in [0.2, 0.25) is 0 Å². The van der Waals surface area contributed by atoms with Crippen LogP contribution in [0.5, 0.6) is 5.75 Å². The largest absolute Gasteiger partial charge is 0.494 e. The van der Waals surface area contributed by atoms with Gasteiger partial charge in [-0.15, -0.1) is 0 Å². The van der Waals surface area contributed by atoms with Crippen LogP contribution in [-0.4, -0.2) is 186 Å². The Balaban J connectivity index is 0.000000781. The summed E-state index contributed by atoms with van der Waals surface area (Å²) in [5, 5.41) is 23.5. The molecule has 0 unspecified atom stereocenters. The number of nitrogens with one attached hydrogen (secondary N) is 5. The lowest BCUT2D eigenvalue weighted by molar-refractivity contribution is -0.138. The zero-order chi connectivity index (χ0) is 99.0. The van der Waals surface area contributed by atoms with Gasteiger partial charge in [0.1, 0.15) is 11.4 Å². The minimum absolute atomic E-state index is 0.0153. The molecular formula is C100H121N5O25. The van der Waals surface area contributed by atoms with Crippen molar-refractivity contribution in [2.45, 2.75) is 176 Å². The highest BCUT2D eigenvalue weighted by Crippen LogP contribution is 2.22. The van der Waals surface area contributed by atoms with Crippen LogP contribution in [0.3, 0.4) is 0 Å². The van der Waals surface area contributed by atoms with Crippen LogP contribution < -0.4 is 31.3 Å². The number of ketones is 8. The van der Waals surface area contributed by atoms with E-state index in [-0.39, 0.29) is 94.5 Å². The predicted molar refractivity (Wildman–Crippen MR) is 490 cm³/mol. The Labute approximate surface area is 759 Å². The van der Waals surface area contributed by atoms with E-state index in [0.717, 1.165) is 41.0 Å². The maximum Gasteiger partial charge on any atom is 0.379 e. The summed E-state index contributed by atoms with van der Waals surface area (Å²) in [5.74, 6) is -8.83. The second-order valence-corrected chi connectivity index (χ2v) is 32.1. The highest BCUT2D eigenvalue weighted by molar-refractivity contribution is 6.42. The van der Waals surface area contributed by atoms with E-state index in [1.54, 1.807) is 173 Å². The summed E-state index contributed by atoms with van der Waals surface area (Å²) in [6.45, 7) is 46.1. The fourth-order valence-electron chi connectivity index (χ4n) is 11.2. The minimum atomic E-state index is -1.41. The number of carbonyl (C=O) groups is 18. The van der Waals surface area contributed by atoms with E-state index in [2.05, 4.69) is 85.0 Å². The number of esters is 5. The van der Waals surface area contributed by atoms with Crippen molar-refractivity contribution in [2.75, 3.05) is 47.7 Å². The molecule has 5 amide bonds. The lowest BCUT2D eigenvalue weighted by atomic mass is 9.93. The van der Waals surface area contributed by atoms with Crippen LogP contribution in [0, 0.1) is 0 Å². The van der Waals surface area contributed by atoms with Crippen LogP contribution >= 0.6 is 0 Å². The number of allylic oxidation sites excluding steroid dienone is 1. The third kappa shape index (κ3) is 44.1. The summed E-state index contributed by atoms with van der Waals surface area (Å²) in [6.07, 6.45) is 8.96. The number of aryl methyl sites for hydroxylation is 1. The molecule has 30 heteroatoms. The van der Waals surface area contributed by atoms with E-state index in [4.69, 9.17) is 9.47 Å². The van der Waals surface area contributed by atoms with E-state index in [1.165, 1.54) is 46.3 Å². The molecule has 696 valence electrons. The van der Waals surface area contributed by atoms with Crippen molar-refractivity contribution < 1.29 is 120 Å². The Morgan fingerprint density at radius 3 is 0.900 bits per heavy atom. The smallest absolute Gasteiger partial charge is 0.379 e. The molecule has 130 heavy (non-hydrogen) atoms. The van der Waals surface area contributed by atoms with Crippen molar-refractivity contribution in [1.29, 1.82) is 0 Å². The maximum absolute atomic E-state index is 11.9. The first-order valence-corrected chi connectivity index (χ1v) is 40.9. The van der Waals surface area contributed by atoms with E-state index in [9.17, 15) is 91.4 Å². The molecule has 0 heterocycles. The van der Waals surface area contributed by atoms with E-state index < -0.39 is 86.5 Å². The average Bonchev–Trinajstić information content (AvgIpc) is 0.912. The van der Waals surface area contributed by atoms with Crippen LogP contribution in [0.25, 0.3) is 0 Å². The molecule has 0 atom stereocenters. The van der Waals surface area contributed by atoms with Gasteiger partial charge in [0.2, 0.25) is 29.5 Å². The number of methoxy groups -OCH3 is 3. The van der Waals surface area contributed by atoms with Gasteiger partial charge in [0.25, 0.3) is 28.9 Å². The van der Waals surface area contributed by atoms with Crippen LogP contribution in [-0.2, 0) is 113 Å². The molecule has 0 bridgehead atoms. The Morgan fingerprint density at radius 1 is 0.362 bits per heavy atom. The van der Waals surface area contributed by atoms with E-state index in [0.29, 0.717) is 80.4 Å². The predicted octanol–water partition coefficient (Wildman–Crippen LogP) is 11.6. The molecule has 6 rings (SSSR count). The van der Waals surface area contributed by atoms with Gasteiger partial charge in [-0.1, -0.05) is 161 Å². The van der Waals surface area contributed by atoms with Gasteiger partial charge < -0.3 is 60.1 Å². The first-order valence-electron chi connectivity index (χ1n) is 40.9. The number of benzene rings is 6. The molecule has 30 nitrogen and oxygen atoms in total. The fraction of sp³-hybridized carbons (Fsp3) is 0.340. The van der Waals surface area contributed by atoms with Crippen molar-refractivity contribution in [2.24, 2.45) is 0 Å². The molecule has 0 radical (unpaired) electrons. The number of Topliss-reactive ketones (excluding diaryl/α,β-unsaturated/α-hetero) is 7. The third-order valence-electron chi connectivity index (χ3n) is 17.7. The summed E-state index contributed by atoms with van der Waals surface area (Å²) in [7, 11) is 3.50. The summed E-state index contributed by atoms with van der Waals surface area (Å²) in [6, 6.07) is 39.7. The normalized spacial score (nSPS) is 10.6. The molecule has 6 aromatic rings. The quantitative estimate of drug-likeness (QED) is 0.00517. The SMILES string of the molecule is C=C(C)C(=O)NC(C)(C)Cc1ccc(C(=O)C(=O)OC)cc1.C=C(C)C(=O)NC(C)(C)Cc1ccc(C(=O)C(=O)OCC)cc1.C=CC(=O)CCc1ccc(C(=O)C(=O)OC)cc1.C=CC(=O)NC(C)(C)Cc1ccc(C(=O)C(=O)OC)cc1.C=CC(=O)NC(C)(C)Cc1ccc(C(=O)C(=O)OCC)cc1.C=CC(=O)NCC(=O)CCCOc1ccc(C(=O)C(C)(C)O)cc1. The summed E-state index contributed by atoms with van der Waals surface area (Å²) in [5.41, 5.74) is 4.18. The van der Waals surface area contributed by atoms with Gasteiger partial charge >= 0.3 is 29.8 Å². The van der Waals surface area contributed by atoms with Gasteiger partial charge in [0, 0.05) is 79.5 Å². The van der Waals surface area contributed by atoms with Crippen LogP contribution in [0.15, 0.2) is 221 Å². The van der Waals surface area contributed by atoms with Gasteiger partial charge in [-0.05, 0) is 212 Å². The monoisotopic (exact) mass is 1790 g/mol. The van der Waals surface area contributed by atoms with Gasteiger partial charge in [0.05, 0.1) is 47.7 Å². The number of aliphatic hydroxyl groups is 1. The minimum Gasteiger partial charge on any atom is -0.494 e. The molecule has 0 aliphatic rings. The second-order valence-electron chi connectivity index (χ2n) is 32.1. The first-order chi connectivity index (χ1) is 60.7. The zero-order valence-corrected chi connectivity index (χ0v) is 77.1. The van der Waals surface area contributed by atoms with E-state index in [1.807, 2.05) is 55.4 Å². The maximum atomic E-state index is 11.9. The lowest BCUT2D eigenvalue weighted by Gasteiger charge is -2.26. The van der Waals surface area contributed by atoms with Crippen molar-refractivity contribution in [3.8, 4) is 5.75 Å².